The molecule has 1 amide bonds. The molecule has 0 aliphatic rings. The number of esters is 1. The number of hydrogen-bond acceptors (Lipinski definition) is 5. The second-order valence-electron chi connectivity index (χ2n) is 17.6. The van der Waals surface area contributed by atoms with Crippen LogP contribution < -0.4 is 5.32 Å². The van der Waals surface area contributed by atoms with E-state index < -0.39 is 18.2 Å². The van der Waals surface area contributed by atoms with E-state index in [4.69, 9.17) is 4.74 Å². The Kier molecular flexibility index (Phi) is 45.1. The largest absolute Gasteiger partial charge is 0.462 e. The maximum atomic E-state index is 13.2. The molecule has 0 aromatic rings. The summed E-state index contributed by atoms with van der Waals surface area (Å²) in [7, 11) is 0. The van der Waals surface area contributed by atoms with Gasteiger partial charge >= 0.3 is 5.97 Å². The third-order valence-corrected chi connectivity index (χ3v) is 11.8. The average molecular weight is 818 g/mol. The van der Waals surface area contributed by atoms with Crippen molar-refractivity contribution < 1.29 is 24.5 Å². The van der Waals surface area contributed by atoms with Crippen LogP contribution in [0.5, 0.6) is 0 Å². The average Bonchev–Trinajstić information content (AvgIpc) is 3.22. The summed E-state index contributed by atoms with van der Waals surface area (Å²) >= 11 is 0. The molecule has 0 saturated carbocycles. The molecule has 0 radical (unpaired) electrons. The van der Waals surface area contributed by atoms with E-state index in [1.165, 1.54) is 167 Å². The van der Waals surface area contributed by atoms with Crippen LogP contribution in [0.3, 0.4) is 0 Å². The minimum atomic E-state index is -0.787. The van der Waals surface area contributed by atoms with Crippen LogP contribution in [0.25, 0.3) is 0 Å². The summed E-state index contributed by atoms with van der Waals surface area (Å²) in [4.78, 5) is 26.1. The number of rotatable bonds is 46. The molecule has 0 rings (SSSR count). The first-order valence-corrected chi connectivity index (χ1v) is 25.6. The van der Waals surface area contributed by atoms with Gasteiger partial charge in [0.1, 0.15) is 6.10 Å². The van der Waals surface area contributed by atoms with Gasteiger partial charge in [0.25, 0.3) is 0 Å². The molecule has 6 heteroatoms. The second kappa shape index (κ2) is 46.4. The lowest BCUT2D eigenvalue weighted by Crippen LogP contribution is -2.46. The molecular weight excluding hydrogens is 719 g/mol. The molecule has 0 aliphatic heterocycles. The predicted molar refractivity (Wildman–Crippen MR) is 250 cm³/mol. The smallest absolute Gasteiger partial charge is 0.306 e. The summed E-state index contributed by atoms with van der Waals surface area (Å²) in [6, 6.07) is -0.701. The van der Waals surface area contributed by atoms with E-state index in [0.29, 0.717) is 19.3 Å². The highest BCUT2D eigenvalue weighted by molar-refractivity contribution is 5.77. The summed E-state index contributed by atoms with van der Waals surface area (Å²) in [5, 5.41) is 23.7. The van der Waals surface area contributed by atoms with E-state index in [-0.39, 0.29) is 24.9 Å². The number of ether oxygens (including phenoxy) is 1. The SMILES string of the molecule is CCCCCCCCC/C=C/C=C/CCCCCC(=O)OC(CCCCCCCCCCCC)CC(=O)NC(CO)C(O)CCCCCCCCCCCCCCC. The molecule has 58 heavy (non-hydrogen) atoms. The number of carbonyl (C=O) groups is 2. The Bertz CT molecular complexity index is 919. The Balaban J connectivity index is 4.53. The maximum Gasteiger partial charge on any atom is 0.306 e. The van der Waals surface area contributed by atoms with Gasteiger partial charge in [0, 0.05) is 6.42 Å². The van der Waals surface area contributed by atoms with Gasteiger partial charge in [-0.25, -0.2) is 0 Å². The molecule has 0 bridgehead atoms. The molecule has 0 fully saturated rings. The van der Waals surface area contributed by atoms with Crippen LogP contribution in [0.1, 0.15) is 271 Å². The van der Waals surface area contributed by atoms with Crippen molar-refractivity contribution in [3.05, 3.63) is 24.3 Å². The molecular formula is C52H99NO5. The van der Waals surface area contributed by atoms with Crippen LogP contribution in [-0.4, -0.2) is 46.9 Å². The number of aliphatic hydroxyl groups excluding tert-OH is 2. The Morgan fingerprint density at radius 1 is 0.500 bits per heavy atom. The molecule has 0 saturated heterocycles. The third-order valence-electron chi connectivity index (χ3n) is 11.8. The number of amides is 1. The summed E-state index contributed by atoms with van der Waals surface area (Å²) in [5.74, 6) is -0.494. The molecule has 3 unspecified atom stereocenters. The van der Waals surface area contributed by atoms with Crippen molar-refractivity contribution in [1.29, 1.82) is 0 Å². The van der Waals surface area contributed by atoms with Crippen molar-refractivity contribution in [1.82, 2.24) is 5.32 Å². The van der Waals surface area contributed by atoms with Crippen molar-refractivity contribution in [2.75, 3.05) is 6.61 Å². The van der Waals surface area contributed by atoms with Gasteiger partial charge in [0.2, 0.25) is 5.91 Å². The highest BCUT2D eigenvalue weighted by Crippen LogP contribution is 2.18. The van der Waals surface area contributed by atoms with Crippen LogP contribution in [0.4, 0.5) is 0 Å². The molecule has 3 N–H and O–H groups in total. The molecule has 0 aliphatic carbocycles. The lowest BCUT2D eigenvalue weighted by Gasteiger charge is -2.24. The highest BCUT2D eigenvalue weighted by atomic mass is 16.5. The Labute approximate surface area is 361 Å². The van der Waals surface area contributed by atoms with E-state index in [0.717, 1.165) is 57.8 Å². The third kappa shape index (κ3) is 41.1. The zero-order valence-corrected chi connectivity index (χ0v) is 38.9. The van der Waals surface area contributed by atoms with Gasteiger partial charge in [0.15, 0.2) is 0 Å². The predicted octanol–water partition coefficient (Wildman–Crippen LogP) is 15.1. The van der Waals surface area contributed by atoms with Gasteiger partial charge in [-0.1, -0.05) is 231 Å². The van der Waals surface area contributed by atoms with Crippen molar-refractivity contribution in [3.8, 4) is 0 Å². The van der Waals surface area contributed by atoms with Crippen LogP contribution in [0, 0.1) is 0 Å². The summed E-state index contributed by atoms with van der Waals surface area (Å²) in [6.45, 7) is 6.47. The van der Waals surface area contributed by atoms with Crippen LogP contribution in [0.2, 0.25) is 0 Å². The fourth-order valence-electron chi connectivity index (χ4n) is 7.89. The molecule has 0 heterocycles. The number of unbranched alkanes of at least 4 members (excludes halogenated alkanes) is 31. The fourth-order valence-corrected chi connectivity index (χ4v) is 7.89. The van der Waals surface area contributed by atoms with Gasteiger partial charge in [-0.05, 0) is 51.4 Å². The molecule has 3 atom stereocenters. The van der Waals surface area contributed by atoms with Crippen molar-refractivity contribution in [2.45, 2.75) is 289 Å². The highest BCUT2D eigenvalue weighted by Gasteiger charge is 2.24. The van der Waals surface area contributed by atoms with Crippen molar-refractivity contribution >= 4 is 11.9 Å². The second-order valence-corrected chi connectivity index (χ2v) is 17.6. The quantitative estimate of drug-likeness (QED) is 0.0323. The number of aliphatic hydroxyl groups is 2. The fraction of sp³-hybridized carbons (Fsp3) is 0.885. The molecule has 0 spiro atoms. The van der Waals surface area contributed by atoms with Gasteiger partial charge in [0.05, 0.1) is 25.2 Å². The Morgan fingerprint density at radius 2 is 0.862 bits per heavy atom. The minimum absolute atomic E-state index is 0.0718. The lowest BCUT2D eigenvalue weighted by atomic mass is 10.0. The van der Waals surface area contributed by atoms with Crippen molar-refractivity contribution in [2.24, 2.45) is 0 Å². The summed E-state index contributed by atoms with van der Waals surface area (Å²) in [6.07, 6.45) is 52.4. The lowest BCUT2D eigenvalue weighted by molar-refractivity contribution is -0.151. The van der Waals surface area contributed by atoms with E-state index in [1.807, 2.05) is 0 Å². The zero-order valence-electron chi connectivity index (χ0n) is 38.9. The monoisotopic (exact) mass is 818 g/mol. The standard InChI is InChI=1S/C52H99NO5/c1-4-7-10-13-16-19-22-24-25-26-28-30-33-36-39-42-45-52(57)58-48(43-40-37-34-31-21-18-15-12-9-6-3)46-51(56)53-49(47-54)50(55)44-41-38-35-32-29-27-23-20-17-14-11-8-5-2/h25-26,28,30,48-50,54-55H,4-24,27,29,31-47H2,1-3H3,(H,53,56)/b26-25+,30-28+. The van der Waals surface area contributed by atoms with Crippen molar-refractivity contribution in [3.63, 3.8) is 0 Å². The maximum absolute atomic E-state index is 13.2. The number of carbonyl (C=O) groups excluding carboxylic acids is 2. The molecule has 0 aromatic heterocycles. The number of hydrogen-bond donors (Lipinski definition) is 3. The number of allylic oxidation sites excluding steroid dienone is 4. The first-order chi connectivity index (χ1) is 28.5. The van der Waals surface area contributed by atoms with Crippen LogP contribution in [0.15, 0.2) is 24.3 Å². The summed E-state index contributed by atoms with van der Waals surface area (Å²) < 4.78 is 5.91. The Morgan fingerprint density at radius 3 is 1.28 bits per heavy atom. The molecule has 342 valence electrons. The first kappa shape index (κ1) is 56.3. The van der Waals surface area contributed by atoms with E-state index in [1.54, 1.807) is 0 Å². The number of nitrogens with one attached hydrogen (secondary N) is 1. The zero-order chi connectivity index (χ0) is 42.4. The van der Waals surface area contributed by atoms with Gasteiger partial charge in [-0.15, -0.1) is 0 Å². The van der Waals surface area contributed by atoms with E-state index >= 15 is 0 Å². The molecule has 6 nitrogen and oxygen atoms in total. The van der Waals surface area contributed by atoms with E-state index in [2.05, 4.69) is 50.4 Å². The first-order valence-electron chi connectivity index (χ1n) is 25.6. The minimum Gasteiger partial charge on any atom is -0.462 e. The van der Waals surface area contributed by atoms with Gasteiger partial charge < -0.3 is 20.3 Å². The normalized spacial score (nSPS) is 13.4. The van der Waals surface area contributed by atoms with Crippen LogP contribution >= 0.6 is 0 Å². The topological polar surface area (TPSA) is 95.9 Å². The van der Waals surface area contributed by atoms with Crippen LogP contribution in [-0.2, 0) is 14.3 Å². The van der Waals surface area contributed by atoms with Gasteiger partial charge in [-0.2, -0.15) is 0 Å². The summed E-state index contributed by atoms with van der Waals surface area (Å²) in [5.41, 5.74) is 0. The van der Waals surface area contributed by atoms with E-state index in [9.17, 15) is 19.8 Å². The Hall–Kier alpha value is -1.66. The van der Waals surface area contributed by atoms with Gasteiger partial charge in [-0.3, -0.25) is 9.59 Å². The molecule has 0 aromatic carbocycles.